The van der Waals surface area contributed by atoms with Gasteiger partial charge in [0.15, 0.2) is 11.6 Å². The summed E-state index contributed by atoms with van der Waals surface area (Å²) in [6, 6.07) is 4.49. The van der Waals surface area contributed by atoms with Crippen LogP contribution in [0.25, 0.3) is 6.08 Å². The molecule has 30 heavy (non-hydrogen) atoms. The van der Waals surface area contributed by atoms with Crippen molar-refractivity contribution in [3.8, 4) is 5.75 Å². The maximum Gasteiger partial charge on any atom is 0.500 e. The van der Waals surface area contributed by atoms with Crippen molar-refractivity contribution in [2.75, 3.05) is 19.8 Å². The van der Waals surface area contributed by atoms with Crippen molar-refractivity contribution >= 4 is 26.8 Å². The van der Waals surface area contributed by atoms with Crippen LogP contribution in [0.1, 0.15) is 52.0 Å². The molecule has 7 nitrogen and oxygen atoms in total. The Morgan fingerprint density at radius 1 is 1.03 bits per heavy atom. The summed E-state index contributed by atoms with van der Waals surface area (Å²) in [5.41, 5.74) is 0.321. The quantitative estimate of drug-likeness (QED) is 0.136. The van der Waals surface area contributed by atoms with E-state index in [2.05, 4.69) is 0 Å². The molecule has 168 valence electrons. The number of aliphatic carboxylic acids is 1. The number of halogens is 1. The summed E-state index contributed by atoms with van der Waals surface area (Å²) in [4.78, 5) is 22.4. The van der Waals surface area contributed by atoms with Gasteiger partial charge in [0.2, 0.25) is 0 Å². The van der Waals surface area contributed by atoms with Gasteiger partial charge in [-0.05, 0) is 57.4 Å². The van der Waals surface area contributed by atoms with E-state index in [-0.39, 0.29) is 12.2 Å². The van der Waals surface area contributed by atoms with E-state index >= 15 is 0 Å². The van der Waals surface area contributed by atoms with Crippen LogP contribution in [0.2, 0.25) is 6.04 Å². The highest BCUT2D eigenvalue weighted by Crippen LogP contribution is 2.22. The normalized spacial score (nSPS) is 11.7. The molecule has 0 atom stereocenters. The van der Waals surface area contributed by atoms with Crippen LogP contribution in [-0.2, 0) is 22.9 Å². The maximum atomic E-state index is 14.0. The van der Waals surface area contributed by atoms with Crippen LogP contribution in [-0.4, -0.2) is 40.6 Å². The van der Waals surface area contributed by atoms with Gasteiger partial charge in [-0.3, -0.25) is 4.79 Å². The zero-order valence-corrected chi connectivity index (χ0v) is 18.8. The molecular formula is C21H30FO7Si-. The summed E-state index contributed by atoms with van der Waals surface area (Å²) < 4.78 is 36.4. The van der Waals surface area contributed by atoms with E-state index in [1.807, 2.05) is 20.8 Å². The van der Waals surface area contributed by atoms with Gasteiger partial charge in [-0.1, -0.05) is 18.6 Å². The molecule has 9 heteroatoms. The number of carbonyl (C=O) groups is 2. The molecule has 0 spiro atoms. The number of hydrogen-bond donors (Lipinski definition) is 0. The molecule has 0 unspecified atom stereocenters. The average Bonchev–Trinajstić information content (AvgIpc) is 2.68. The molecule has 0 heterocycles. The predicted molar refractivity (Wildman–Crippen MR) is 110 cm³/mol. The van der Waals surface area contributed by atoms with Crippen molar-refractivity contribution in [3.63, 3.8) is 0 Å². The lowest BCUT2D eigenvalue weighted by molar-refractivity contribution is -0.297. The van der Waals surface area contributed by atoms with Crippen molar-refractivity contribution in [3.05, 3.63) is 35.7 Å². The monoisotopic (exact) mass is 441 g/mol. The smallest absolute Gasteiger partial charge is 0.500 e. The van der Waals surface area contributed by atoms with Crippen molar-refractivity contribution in [1.29, 1.82) is 0 Å². The minimum absolute atomic E-state index is 0.151. The Morgan fingerprint density at radius 3 is 2.20 bits per heavy atom. The van der Waals surface area contributed by atoms with Crippen LogP contribution in [0.4, 0.5) is 4.39 Å². The average molecular weight is 442 g/mol. The Hall–Kier alpha value is -2.07. The van der Waals surface area contributed by atoms with Gasteiger partial charge >= 0.3 is 14.8 Å². The SMILES string of the molecule is CCO[Si](CCCCCC(=O)Oc1ccc(/C=C/C(=O)[O-])cc1F)(OCC)OCC. The molecule has 0 fully saturated rings. The Labute approximate surface area is 178 Å². The summed E-state index contributed by atoms with van der Waals surface area (Å²) in [7, 11) is -2.67. The van der Waals surface area contributed by atoms with Gasteiger partial charge < -0.3 is 27.9 Å². The first-order valence-corrected chi connectivity index (χ1v) is 12.1. The standard InChI is InChI=1S/C21H31FO7Si/c1-4-26-30(27-5-2,28-6-3)15-9-7-8-10-21(25)29-19-13-11-17(16-18(19)22)12-14-20(23)24/h11-14,16H,4-10,15H2,1-3H3,(H,23,24)/p-1/b14-12+. The van der Waals surface area contributed by atoms with Crippen LogP contribution in [0.3, 0.4) is 0 Å². The third-order valence-electron chi connectivity index (χ3n) is 4.05. The largest absolute Gasteiger partial charge is 0.545 e. The molecule has 0 aromatic heterocycles. The second kappa shape index (κ2) is 14.0. The first kappa shape index (κ1) is 26.0. The maximum absolute atomic E-state index is 14.0. The van der Waals surface area contributed by atoms with E-state index in [0.29, 0.717) is 37.8 Å². The van der Waals surface area contributed by atoms with Gasteiger partial charge in [-0.2, -0.15) is 0 Å². The first-order valence-electron chi connectivity index (χ1n) is 10.2. The number of rotatable bonds is 15. The van der Waals surface area contributed by atoms with Crippen LogP contribution in [0.5, 0.6) is 5.75 Å². The van der Waals surface area contributed by atoms with Crippen LogP contribution in [0.15, 0.2) is 24.3 Å². The third-order valence-corrected chi connectivity index (χ3v) is 7.20. The molecule has 0 N–H and O–H groups in total. The molecule has 1 rings (SSSR count). The van der Waals surface area contributed by atoms with E-state index in [1.54, 1.807) is 0 Å². The fourth-order valence-electron chi connectivity index (χ4n) is 2.83. The van der Waals surface area contributed by atoms with Crippen molar-refractivity contribution in [2.24, 2.45) is 0 Å². The molecule has 0 aliphatic carbocycles. The number of ether oxygens (including phenoxy) is 1. The van der Waals surface area contributed by atoms with Crippen molar-refractivity contribution in [2.45, 2.75) is 52.5 Å². The fourth-order valence-corrected chi connectivity index (χ4v) is 5.52. The second-order valence-electron chi connectivity index (χ2n) is 6.36. The number of esters is 1. The topological polar surface area (TPSA) is 94.1 Å². The minimum atomic E-state index is -2.67. The highest BCUT2D eigenvalue weighted by Gasteiger charge is 2.39. The lowest BCUT2D eigenvalue weighted by Gasteiger charge is -2.28. The summed E-state index contributed by atoms with van der Waals surface area (Å²) in [6.45, 7) is 7.27. The molecule has 0 saturated heterocycles. The number of carbonyl (C=O) groups excluding carboxylic acids is 2. The van der Waals surface area contributed by atoms with Crippen molar-refractivity contribution in [1.82, 2.24) is 0 Å². The summed E-state index contributed by atoms with van der Waals surface area (Å²) in [5.74, 6) is -2.85. The lowest BCUT2D eigenvalue weighted by Crippen LogP contribution is -2.45. The summed E-state index contributed by atoms with van der Waals surface area (Å²) in [5, 5.41) is 10.4. The highest BCUT2D eigenvalue weighted by molar-refractivity contribution is 6.60. The fraction of sp³-hybridized carbons (Fsp3) is 0.524. The molecule has 0 aliphatic rings. The molecule has 0 bridgehead atoms. The predicted octanol–water partition coefficient (Wildman–Crippen LogP) is 3.10. The van der Waals surface area contributed by atoms with E-state index in [1.165, 1.54) is 18.2 Å². The van der Waals surface area contributed by atoms with Gasteiger partial charge in [-0.25, -0.2) is 4.39 Å². The van der Waals surface area contributed by atoms with Gasteiger partial charge in [0, 0.05) is 32.3 Å². The third kappa shape index (κ3) is 9.62. The van der Waals surface area contributed by atoms with Gasteiger partial charge in [0.05, 0.1) is 5.97 Å². The zero-order valence-electron chi connectivity index (χ0n) is 17.8. The molecule has 0 radical (unpaired) electrons. The Kier molecular flexibility index (Phi) is 12.1. The van der Waals surface area contributed by atoms with Crippen LogP contribution in [0, 0.1) is 5.82 Å². The number of benzene rings is 1. The Balaban J connectivity index is 2.45. The Morgan fingerprint density at radius 2 is 1.67 bits per heavy atom. The van der Waals surface area contributed by atoms with Gasteiger partial charge in [0.25, 0.3) is 0 Å². The van der Waals surface area contributed by atoms with E-state index in [9.17, 15) is 19.1 Å². The van der Waals surface area contributed by atoms with Crippen molar-refractivity contribution < 1.29 is 37.1 Å². The minimum Gasteiger partial charge on any atom is -0.545 e. The van der Waals surface area contributed by atoms with Crippen LogP contribution < -0.4 is 9.84 Å². The van der Waals surface area contributed by atoms with Gasteiger partial charge in [-0.15, -0.1) is 0 Å². The van der Waals surface area contributed by atoms with Gasteiger partial charge in [0.1, 0.15) is 0 Å². The summed E-state index contributed by atoms with van der Waals surface area (Å²) >= 11 is 0. The Bertz CT molecular complexity index is 692. The molecule has 1 aromatic rings. The van der Waals surface area contributed by atoms with E-state index in [4.69, 9.17) is 18.0 Å². The first-order chi connectivity index (χ1) is 14.4. The molecule has 0 amide bonds. The zero-order chi connectivity index (χ0) is 22.4. The second-order valence-corrected chi connectivity index (χ2v) is 9.09. The molecular weight excluding hydrogens is 411 g/mol. The number of carboxylic acid groups (broad SMARTS) is 1. The molecule has 0 saturated carbocycles. The van der Waals surface area contributed by atoms with E-state index in [0.717, 1.165) is 25.0 Å². The summed E-state index contributed by atoms with van der Waals surface area (Å²) in [6.07, 6.45) is 4.26. The molecule has 0 aliphatic heterocycles. The number of unbranched alkanes of at least 4 members (excludes halogenated alkanes) is 2. The number of carboxylic acids is 1. The lowest BCUT2D eigenvalue weighted by atomic mass is 10.2. The highest BCUT2D eigenvalue weighted by atomic mass is 28.4. The van der Waals surface area contributed by atoms with Crippen LogP contribution >= 0.6 is 0 Å². The molecule has 1 aromatic carbocycles. The van der Waals surface area contributed by atoms with E-state index < -0.39 is 26.6 Å². The number of hydrogen-bond acceptors (Lipinski definition) is 7.